The van der Waals surface area contributed by atoms with Crippen LogP contribution in [0, 0.1) is 5.92 Å². The Morgan fingerprint density at radius 1 is 1.12 bits per heavy atom. The van der Waals surface area contributed by atoms with E-state index >= 15 is 0 Å². The molecule has 0 bridgehead atoms. The summed E-state index contributed by atoms with van der Waals surface area (Å²) >= 11 is 0. The Kier molecular flexibility index (Phi) is 6.79. The van der Waals surface area contributed by atoms with Crippen LogP contribution in [0.4, 0.5) is 0 Å². The number of aliphatic hydroxyl groups is 1. The molecular formula is C21H33NO4. The van der Waals surface area contributed by atoms with Gasteiger partial charge in [-0.2, -0.15) is 0 Å². The second-order valence-electron chi connectivity index (χ2n) is 7.74. The van der Waals surface area contributed by atoms with Crippen LogP contribution in [0.5, 0.6) is 11.5 Å². The molecule has 2 fully saturated rings. The fourth-order valence-corrected chi connectivity index (χ4v) is 4.33. The fourth-order valence-electron chi connectivity index (χ4n) is 4.33. The minimum absolute atomic E-state index is 0.226. The van der Waals surface area contributed by atoms with Crippen LogP contribution in [0.3, 0.4) is 0 Å². The van der Waals surface area contributed by atoms with Gasteiger partial charge in [0.15, 0.2) is 11.5 Å². The first-order chi connectivity index (χ1) is 12.6. The van der Waals surface area contributed by atoms with E-state index in [9.17, 15) is 5.11 Å². The number of methoxy groups -OCH3 is 2. The molecule has 1 aromatic carbocycles. The van der Waals surface area contributed by atoms with Crippen molar-refractivity contribution in [2.75, 3.05) is 33.9 Å². The maximum atomic E-state index is 10.6. The van der Waals surface area contributed by atoms with Crippen LogP contribution >= 0.6 is 0 Å². The molecule has 5 heteroatoms. The van der Waals surface area contributed by atoms with Crippen molar-refractivity contribution in [1.29, 1.82) is 0 Å². The average Bonchev–Trinajstić information content (AvgIpc) is 3.11. The Labute approximate surface area is 157 Å². The van der Waals surface area contributed by atoms with E-state index in [-0.39, 0.29) is 6.10 Å². The average molecular weight is 363 g/mol. The first-order valence-corrected chi connectivity index (χ1v) is 9.88. The summed E-state index contributed by atoms with van der Waals surface area (Å²) in [6, 6.07) is 6.03. The van der Waals surface area contributed by atoms with Gasteiger partial charge in [-0.1, -0.05) is 25.8 Å². The van der Waals surface area contributed by atoms with Crippen molar-refractivity contribution >= 4 is 0 Å². The largest absolute Gasteiger partial charge is 0.493 e. The van der Waals surface area contributed by atoms with Gasteiger partial charge in [-0.25, -0.2) is 0 Å². The summed E-state index contributed by atoms with van der Waals surface area (Å²) in [5.74, 6) is 2.08. The molecule has 5 nitrogen and oxygen atoms in total. The zero-order valence-corrected chi connectivity index (χ0v) is 16.3. The molecule has 0 aromatic heterocycles. The summed E-state index contributed by atoms with van der Waals surface area (Å²) in [4.78, 5) is 2.61. The summed E-state index contributed by atoms with van der Waals surface area (Å²) in [5.41, 5.74) is 0.796. The lowest BCUT2D eigenvalue weighted by molar-refractivity contribution is -0.0628. The Morgan fingerprint density at radius 2 is 1.88 bits per heavy atom. The van der Waals surface area contributed by atoms with E-state index in [1.165, 1.54) is 38.8 Å². The summed E-state index contributed by atoms with van der Waals surface area (Å²) in [5, 5.41) is 10.6. The molecule has 1 saturated carbocycles. The summed E-state index contributed by atoms with van der Waals surface area (Å²) in [6.07, 6.45) is 5.67. The van der Waals surface area contributed by atoms with Crippen LogP contribution in [0.15, 0.2) is 18.2 Å². The van der Waals surface area contributed by atoms with Crippen LogP contribution in [0.1, 0.15) is 50.7 Å². The predicted octanol–water partition coefficient (Wildman–Crippen LogP) is 3.41. The molecule has 1 heterocycles. The second kappa shape index (κ2) is 9.07. The second-order valence-corrected chi connectivity index (χ2v) is 7.74. The number of likely N-dealkylation sites (tertiary alicyclic amines) is 1. The minimum Gasteiger partial charge on any atom is -0.493 e. The molecule has 1 aromatic rings. The van der Waals surface area contributed by atoms with Crippen molar-refractivity contribution in [3.63, 3.8) is 0 Å². The molecule has 146 valence electrons. The highest BCUT2D eigenvalue weighted by molar-refractivity contribution is 5.43. The lowest BCUT2D eigenvalue weighted by Gasteiger charge is -2.38. The van der Waals surface area contributed by atoms with E-state index in [0.717, 1.165) is 17.9 Å². The maximum absolute atomic E-state index is 10.6. The molecule has 4 unspecified atom stereocenters. The van der Waals surface area contributed by atoms with E-state index in [4.69, 9.17) is 14.2 Å². The predicted molar refractivity (Wildman–Crippen MR) is 102 cm³/mol. The molecular weight excluding hydrogens is 330 g/mol. The molecule has 4 atom stereocenters. The molecule has 3 rings (SSSR count). The highest BCUT2D eigenvalue weighted by atomic mass is 16.5. The number of rotatable bonds is 7. The van der Waals surface area contributed by atoms with Gasteiger partial charge in [0.05, 0.1) is 26.9 Å². The van der Waals surface area contributed by atoms with Gasteiger partial charge >= 0.3 is 0 Å². The minimum atomic E-state index is -0.658. The van der Waals surface area contributed by atoms with Gasteiger partial charge < -0.3 is 19.3 Å². The van der Waals surface area contributed by atoms with Crippen molar-refractivity contribution in [2.45, 2.75) is 57.3 Å². The normalized spacial score (nSPS) is 28.1. The lowest BCUT2D eigenvalue weighted by atomic mass is 9.91. The van der Waals surface area contributed by atoms with Crippen molar-refractivity contribution in [1.82, 2.24) is 4.90 Å². The third-order valence-electron chi connectivity index (χ3n) is 5.85. The molecule has 2 aliphatic rings. The fraction of sp³-hybridized carbons (Fsp3) is 0.714. The summed E-state index contributed by atoms with van der Waals surface area (Å²) < 4.78 is 16.8. The smallest absolute Gasteiger partial charge is 0.161 e. The molecule has 0 radical (unpaired) electrons. The van der Waals surface area contributed by atoms with Crippen molar-refractivity contribution in [3.05, 3.63) is 23.8 Å². The third kappa shape index (κ3) is 4.51. The van der Waals surface area contributed by atoms with E-state index in [1.54, 1.807) is 14.2 Å². The Morgan fingerprint density at radius 3 is 2.58 bits per heavy atom. The van der Waals surface area contributed by atoms with Gasteiger partial charge in [-0.05, 0) is 49.4 Å². The van der Waals surface area contributed by atoms with E-state index in [1.807, 2.05) is 18.2 Å². The number of aliphatic hydroxyl groups excluding tert-OH is 1. The molecule has 0 amide bonds. The SMILES string of the molecule is COc1ccc(C(O)COC2CCCCC2N2CCC(C)C2)cc1OC. The van der Waals surface area contributed by atoms with Crippen LogP contribution in [0.25, 0.3) is 0 Å². The Balaban J connectivity index is 1.59. The highest BCUT2D eigenvalue weighted by Crippen LogP contribution is 2.32. The van der Waals surface area contributed by atoms with Gasteiger partial charge in [-0.3, -0.25) is 4.90 Å². The quantitative estimate of drug-likeness (QED) is 0.805. The maximum Gasteiger partial charge on any atom is 0.161 e. The van der Waals surface area contributed by atoms with Crippen LogP contribution in [-0.2, 0) is 4.74 Å². The van der Waals surface area contributed by atoms with Gasteiger partial charge in [0.25, 0.3) is 0 Å². The van der Waals surface area contributed by atoms with Crippen LogP contribution in [-0.4, -0.2) is 56.1 Å². The lowest BCUT2D eigenvalue weighted by Crippen LogP contribution is -2.46. The third-order valence-corrected chi connectivity index (χ3v) is 5.85. The Bertz CT molecular complexity index is 579. The van der Waals surface area contributed by atoms with Crippen molar-refractivity contribution < 1.29 is 19.3 Å². The van der Waals surface area contributed by atoms with Gasteiger partial charge in [-0.15, -0.1) is 0 Å². The summed E-state index contributed by atoms with van der Waals surface area (Å²) in [6.45, 7) is 5.02. The monoisotopic (exact) mass is 363 g/mol. The zero-order valence-electron chi connectivity index (χ0n) is 16.3. The topological polar surface area (TPSA) is 51.2 Å². The molecule has 26 heavy (non-hydrogen) atoms. The Hall–Kier alpha value is -1.30. The number of hydrogen-bond acceptors (Lipinski definition) is 5. The van der Waals surface area contributed by atoms with Gasteiger partial charge in [0.2, 0.25) is 0 Å². The van der Waals surface area contributed by atoms with Crippen molar-refractivity contribution in [3.8, 4) is 11.5 Å². The zero-order chi connectivity index (χ0) is 18.5. The summed E-state index contributed by atoms with van der Waals surface area (Å²) in [7, 11) is 3.22. The van der Waals surface area contributed by atoms with Gasteiger partial charge in [0.1, 0.15) is 6.10 Å². The van der Waals surface area contributed by atoms with Crippen LogP contribution < -0.4 is 9.47 Å². The number of nitrogens with zero attached hydrogens (tertiary/aromatic N) is 1. The highest BCUT2D eigenvalue weighted by Gasteiger charge is 2.34. The molecule has 1 saturated heterocycles. The molecule has 0 spiro atoms. The van der Waals surface area contributed by atoms with Gasteiger partial charge in [0, 0.05) is 12.6 Å². The number of ether oxygens (including phenoxy) is 3. The number of benzene rings is 1. The first-order valence-electron chi connectivity index (χ1n) is 9.88. The number of hydrogen-bond donors (Lipinski definition) is 1. The van der Waals surface area contributed by atoms with E-state index in [0.29, 0.717) is 24.1 Å². The molecule has 1 aliphatic heterocycles. The van der Waals surface area contributed by atoms with E-state index in [2.05, 4.69) is 11.8 Å². The molecule has 1 N–H and O–H groups in total. The standard InChI is InChI=1S/C21H33NO4/c1-15-10-11-22(13-15)17-6-4-5-7-19(17)26-14-18(23)16-8-9-20(24-2)21(12-16)25-3/h8-9,12,15,17-19,23H,4-7,10-11,13-14H2,1-3H3. The van der Waals surface area contributed by atoms with Crippen molar-refractivity contribution in [2.24, 2.45) is 5.92 Å². The first kappa shape index (κ1) is 19.5. The molecule has 1 aliphatic carbocycles. The van der Waals surface area contributed by atoms with E-state index < -0.39 is 6.10 Å². The van der Waals surface area contributed by atoms with Crippen LogP contribution in [0.2, 0.25) is 0 Å².